The van der Waals surface area contributed by atoms with Crippen LogP contribution in [0.2, 0.25) is 0 Å². The Hall–Kier alpha value is -2.25. The zero-order valence-electron chi connectivity index (χ0n) is 13.4. The lowest BCUT2D eigenvalue weighted by atomic mass is 9.86. The minimum atomic E-state index is 0.0626. The zero-order valence-corrected chi connectivity index (χ0v) is 14.2. The minimum Gasteiger partial charge on any atom is -0.141 e. The van der Waals surface area contributed by atoms with Gasteiger partial charge in [0.2, 0.25) is 0 Å². The molecule has 1 spiro atoms. The molecule has 0 bridgehead atoms. The van der Waals surface area contributed by atoms with E-state index in [1.807, 2.05) is 0 Å². The summed E-state index contributed by atoms with van der Waals surface area (Å²) >= 11 is 2.08. The van der Waals surface area contributed by atoms with Crippen LogP contribution in [-0.2, 0) is 4.75 Å². The standard InChI is InChI=1S/C23H18S/c1-2-8-17(9-3-1)18-14-15-24-23(16-18)21-12-6-4-10-19(21)20-11-5-7-13-22(20)23/h1-14H,15-16H2. The fourth-order valence-corrected chi connectivity index (χ4v) is 5.67. The van der Waals surface area contributed by atoms with Crippen LogP contribution in [-0.4, -0.2) is 5.75 Å². The molecular formula is C23H18S. The molecule has 3 aromatic carbocycles. The van der Waals surface area contributed by atoms with E-state index in [1.54, 1.807) is 0 Å². The summed E-state index contributed by atoms with van der Waals surface area (Å²) in [7, 11) is 0. The second-order valence-corrected chi connectivity index (χ2v) is 7.82. The van der Waals surface area contributed by atoms with Gasteiger partial charge in [-0.1, -0.05) is 84.9 Å². The molecule has 0 aromatic heterocycles. The lowest BCUT2D eigenvalue weighted by Gasteiger charge is -2.35. The first-order valence-electron chi connectivity index (χ1n) is 8.46. The number of rotatable bonds is 1. The van der Waals surface area contributed by atoms with Gasteiger partial charge in [-0.3, -0.25) is 0 Å². The van der Waals surface area contributed by atoms with Gasteiger partial charge in [0, 0.05) is 5.75 Å². The maximum absolute atomic E-state index is 2.41. The van der Waals surface area contributed by atoms with E-state index < -0.39 is 0 Å². The van der Waals surface area contributed by atoms with E-state index in [-0.39, 0.29) is 4.75 Å². The SMILES string of the molecule is C1=C(c2ccccc2)CC2(SC1)c1ccccc1-c1ccccc12. The fourth-order valence-electron chi connectivity index (χ4n) is 4.18. The van der Waals surface area contributed by atoms with Gasteiger partial charge < -0.3 is 0 Å². The third-order valence-corrected chi connectivity index (χ3v) is 6.67. The summed E-state index contributed by atoms with van der Waals surface area (Å²) in [5, 5.41) is 0. The van der Waals surface area contributed by atoms with Crippen molar-refractivity contribution >= 4 is 17.3 Å². The molecular weight excluding hydrogens is 308 g/mol. The topological polar surface area (TPSA) is 0 Å². The summed E-state index contributed by atoms with van der Waals surface area (Å²) in [6.07, 6.45) is 3.48. The quantitative estimate of drug-likeness (QED) is 0.518. The molecule has 1 aliphatic heterocycles. The molecule has 0 amide bonds. The van der Waals surface area contributed by atoms with Crippen LogP contribution < -0.4 is 0 Å². The average Bonchev–Trinajstić information content (AvgIpc) is 2.93. The number of allylic oxidation sites excluding steroid dienone is 1. The van der Waals surface area contributed by atoms with E-state index in [2.05, 4.69) is 96.7 Å². The van der Waals surface area contributed by atoms with E-state index in [4.69, 9.17) is 0 Å². The molecule has 0 N–H and O–H groups in total. The van der Waals surface area contributed by atoms with Crippen molar-refractivity contribution in [3.8, 4) is 11.1 Å². The number of thioether (sulfide) groups is 1. The van der Waals surface area contributed by atoms with Crippen molar-refractivity contribution in [3.63, 3.8) is 0 Å². The van der Waals surface area contributed by atoms with E-state index in [1.165, 1.54) is 33.4 Å². The predicted molar refractivity (Wildman–Crippen MR) is 104 cm³/mol. The van der Waals surface area contributed by atoms with Crippen molar-refractivity contribution in [1.82, 2.24) is 0 Å². The lowest BCUT2D eigenvalue weighted by molar-refractivity contribution is 0.783. The van der Waals surface area contributed by atoms with Crippen molar-refractivity contribution in [2.45, 2.75) is 11.2 Å². The Kier molecular flexibility index (Phi) is 3.17. The number of hydrogen-bond donors (Lipinski definition) is 0. The molecule has 1 aliphatic carbocycles. The Labute approximate surface area is 147 Å². The van der Waals surface area contributed by atoms with Crippen LogP contribution in [0.3, 0.4) is 0 Å². The van der Waals surface area contributed by atoms with Gasteiger partial charge in [-0.15, -0.1) is 11.8 Å². The van der Waals surface area contributed by atoms with Gasteiger partial charge >= 0.3 is 0 Å². The van der Waals surface area contributed by atoms with Gasteiger partial charge in [0.05, 0.1) is 4.75 Å². The van der Waals surface area contributed by atoms with Crippen LogP contribution in [0, 0.1) is 0 Å². The molecule has 0 unspecified atom stereocenters. The highest BCUT2D eigenvalue weighted by molar-refractivity contribution is 8.00. The van der Waals surface area contributed by atoms with Crippen molar-refractivity contribution in [3.05, 3.63) is 102 Å². The maximum Gasteiger partial charge on any atom is 0.0712 e. The van der Waals surface area contributed by atoms with Crippen LogP contribution in [0.5, 0.6) is 0 Å². The van der Waals surface area contributed by atoms with Crippen LogP contribution in [0.4, 0.5) is 0 Å². The Balaban J connectivity index is 1.70. The second-order valence-electron chi connectivity index (χ2n) is 6.50. The van der Waals surface area contributed by atoms with Gasteiger partial charge in [-0.2, -0.15) is 0 Å². The largest absolute Gasteiger partial charge is 0.141 e. The van der Waals surface area contributed by atoms with Gasteiger partial charge in [-0.25, -0.2) is 0 Å². The van der Waals surface area contributed by atoms with Crippen LogP contribution in [0.1, 0.15) is 23.1 Å². The molecule has 0 saturated heterocycles. The number of benzene rings is 3. The second kappa shape index (κ2) is 5.39. The molecule has 0 atom stereocenters. The molecule has 0 radical (unpaired) electrons. The first kappa shape index (κ1) is 14.1. The van der Waals surface area contributed by atoms with E-state index >= 15 is 0 Å². The van der Waals surface area contributed by atoms with Crippen molar-refractivity contribution in [2.24, 2.45) is 0 Å². The van der Waals surface area contributed by atoms with Crippen LogP contribution >= 0.6 is 11.8 Å². The van der Waals surface area contributed by atoms with Crippen molar-refractivity contribution < 1.29 is 0 Å². The number of hydrogen-bond acceptors (Lipinski definition) is 1. The Bertz CT molecular complexity index is 892. The summed E-state index contributed by atoms with van der Waals surface area (Å²) in [5.41, 5.74) is 8.63. The summed E-state index contributed by atoms with van der Waals surface area (Å²) in [4.78, 5) is 0. The molecule has 3 aromatic rings. The van der Waals surface area contributed by atoms with E-state index in [0.29, 0.717) is 0 Å². The molecule has 0 nitrogen and oxygen atoms in total. The Morgan fingerprint density at radius 3 is 1.92 bits per heavy atom. The average molecular weight is 326 g/mol. The first-order valence-corrected chi connectivity index (χ1v) is 9.45. The number of fused-ring (bicyclic) bond motifs is 5. The van der Waals surface area contributed by atoms with E-state index in [0.717, 1.165) is 12.2 Å². The van der Waals surface area contributed by atoms with Crippen LogP contribution in [0.15, 0.2) is 84.9 Å². The summed E-state index contributed by atoms with van der Waals surface area (Å²) < 4.78 is 0.0626. The molecule has 24 heavy (non-hydrogen) atoms. The molecule has 1 heterocycles. The highest BCUT2D eigenvalue weighted by Gasteiger charge is 2.45. The Morgan fingerprint density at radius 2 is 1.25 bits per heavy atom. The van der Waals surface area contributed by atoms with Crippen LogP contribution in [0.25, 0.3) is 16.7 Å². The normalized spacial score (nSPS) is 17.2. The predicted octanol–water partition coefficient (Wildman–Crippen LogP) is 6.13. The van der Waals surface area contributed by atoms with Crippen molar-refractivity contribution in [1.29, 1.82) is 0 Å². The molecule has 0 fully saturated rings. The van der Waals surface area contributed by atoms with Gasteiger partial charge in [0.15, 0.2) is 0 Å². The molecule has 5 rings (SSSR count). The minimum absolute atomic E-state index is 0.0626. The molecule has 2 aliphatic rings. The van der Waals surface area contributed by atoms with Gasteiger partial charge in [-0.05, 0) is 39.8 Å². The van der Waals surface area contributed by atoms with Gasteiger partial charge in [0.1, 0.15) is 0 Å². The molecule has 1 heteroatoms. The molecule has 0 saturated carbocycles. The smallest absolute Gasteiger partial charge is 0.0712 e. The highest BCUT2D eigenvalue weighted by atomic mass is 32.2. The summed E-state index contributed by atoms with van der Waals surface area (Å²) in [5.74, 6) is 1.06. The van der Waals surface area contributed by atoms with Gasteiger partial charge in [0.25, 0.3) is 0 Å². The van der Waals surface area contributed by atoms with Crippen molar-refractivity contribution in [2.75, 3.05) is 5.75 Å². The lowest BCUT2D eigenvalue weighted by Crippen LogP contribution is -2.24. The third kappa shape index (κ3) is 1.94. The van der Waals surface area contributed by atoms with E-state index in [9.17, 15) is 0 Å². The first-order chi connectivity index (χ1) is 11.9. The maximum atomic E-state index is 2.41. The monoisotopic (exact) mass is 326 g/mol. The molecule has 116 valence electrons. The summed E-state index contributed by atoms with van der Waals surface area (Å²) in [6, 6.07) is 28.8. The summed E-state index contributed by atoms with van der Waals surface area (Å²) in [6.45, 7) is 0. The zero-order chi connectivity index (χ0) is 16.0. The Morgan fingerprint density at radius 1 is 0.667 bits per heavy atom. The fraction of sp³-hybridized carbons (Fsp3) is 0.130. The highest BCUT2D eigenvalue weighted by Crippen LogP contribution is 2.60. The third-order valence-electron chi connectivity index (χ3n) is 5.26.